The molecule has 2 atom stereocenters. The van der Waals surface area contributed by atoms with Crippen molar-refractivity contribution in [1.82, 2.24) is 49.5 Å². The molecule has 4 aliphatic heterocycles. The number of benzene rings is 2. The lowest BCUT2D eigenvalue weighted by molar-refractivity contribution is -0.129. The van der Waals surface area contributed by atoms with Gasteiger partial charge in [-0.15, -0.1) is 0 Å². The molecule has 0 spiro atoms. The SMILES string of the molecule is CCS(=O)(=O)N1CC(CC#N)(n2cc(-c3nc(Nc4ccc(C(=O)NCCN5CCN(c6ccc7c(c6)C(=O)N(C6CCC(=O)NC6O)C7=O)CC5)cc4)nc4[nH]ccc34)cn2)C1. The molecule has 9 rings (SSSR count). The molecule has 0 saturated carbocycles. The minimum atomic E-state index is -3.39. The zero-order chi connectivity index (χ0) is 44.0. The fraction of sp³-hybridized carbons (Fsp3) is 0.381. The molecule has 0 aliphatic carbocycles. The van der Waals surface area contributed by atoms with Gasteiger partial charge in [-0.05, 0) is 61.9 Å². The number of carbonyl (C=O) groups excluding carboxylic acids is 4. The van der Waals surface area contributed by atoms with Crippen LogP contribution < -0.4 is 20.9 Å². The summed E-state index contributed by atoms with van der Waals surface area (Å²) >= 11 is 0. The van der Waals surface area contributed by atoms with E-state index >= 15 is 0 Å². The Labute approximate surface area is 361 Å². The maximum Gasteiger partial charge on any atom is 0.262 e. The predicted molar refractivity (Wildman–Crippen MR) is 229 cm³/mol. The monoisotopic (exact) mass is 875 g/mol. The average Bonchev–Trinajstić information content (AvgIpc) is 4.01. The fourth-order valence-electron chi connectivity index (χ4n) is 8.68. The van der Waals surface area contributed by atoms with Gasteiger partial charge in [-0.3, -0.25) is 33.7 Å². The zero-order valence-corrected chi connectivity index (χ0v) is 35.1. The molecule has 0 bridgehead atoms. The van der Waals surface area contributed by atoms with E-state index in [1.54, 1.807) is 66.6 Å². The Balaban J connectivity index is 0.772. The first-order valence-corrected chi connectivity index (χ1v) is 22.3. The molecular formula is C42H45N13O7S. The minimum absolute atomic E-state index is 0.0165. The highest BCUT2D eigenvalue weighted by atomic mass is 32.2. The average molecular weight is 876 g/mol. The standard InChI is InChI=1S/C42H45N13O7S/c1-2-63(61,62)53-24-42(25-53,12-13-43)54-23-27(22-46-54)35-31-11-14-44-36(31)50-41(49-35)47-28-5-3-26(4-6-28)37(57)45-15-16-51-17-19-52(20-18-51)29-7-8-30-32(21-29)40(60)55(39(30)59)33-9-10-34(56)48-38(33)58/h3-8,11,14,21-23,33,38,58H,2,9-10,12,15-20,24-25H2,1H3,(H,45,57)(H,48,56)(H2,44,47,49,50). The molecule has 5 aromatic rings. The van der Waals surface area contributed by atoms with Gasteiger partial charge in [0.15, 0.2) is 0 Å². The Morgan fingerprint density at radius 1 is 1.02 bits per heavy atom. The lowest BCUT2D eigenvalue weighted by Gasteiger charge is -2.47. The minimum Gasteiger partial charge on any atom is -0.372 e. The van der Waals surface area contributed by atoms with E-state index in [0.717, 1.165) is 29.1 Å². The van der Waals surface area contributed by atoms with Crippen LogP contribution in [0.5, 0.6) is 0 Å². The number of hydrogen-bond acceptors (Lipinski definition) is 14. The van der Waals surface area contributed by atoms with Gasteiger partial charge in [0.05, 0.1) is 47.3 Å². The number of carbonyl (C=O) groups is 4. The molecule has 5 N–H and O–H groups in total. The number of nitriles is 1. The molecule has 326 valence electrons. The highest BCUT2D eigenvalue weighted by Crippen LogP contribution is 2.37. The van der Waals surface area contributed by atoms with Crippen LogP contribution in [0.3, 0.4) is 0 Å². The molecule has 3 aromatic heterocycles. The smallest absolute Gasteiger partial charge is 0.262 e. The maximum absolute atomic E-state index is 13.3. The maximum atomic E-state index is 13.3. The number of aliphatic hydroxyl groups excluding tert-OH is 1. The number of aromatic nitrogens is 5. The first kappa shape index (κ1) is 41.6. The number of fused-ring (bicyclic) bond motifs is 2. The number of hydrogen-bond donors (Lipinski definition) is 5. The number of aliphatic hydroxyl groups is 1. The fourth-order valence-corrected chi connectivity index (χ4v) is 9.91. The second-order valence-electron chi connectivity index (χ2n) is 16.2. The molecule has 2 aromatic carbocycles. The highest BCUT2D eigenvalue weighted by molar-refractivity contribution is 7.89. The Hall–Kier alpha value is -6.73. The van der Waals surface area contributed by atoms with E-state index in [2.05, 4.69) is 46.9 Å². The third-order valence-corrected chi connectivity index (χ3v) is 14.1. The first-order chi connectivity index (χ1) is 30.4. The zero-order valence-electron chi connectivity index (χ0n) is 34.3. The van der Waals surface area contributed by atoms with E-state index < -0.39 is 39.6 Å². The van der Waals surface area contributed by atoms with Crippen LogP contribution in [-0.4, -0.2) is 146 Å². The Kier molecular flexibility index (Phi) is 10.9. The number of imide groups is 1. The summed E-state index contributed by atoms with van der Waals surface area (Å²) in [5.74, 6) is -1.19. The lowest BCUT2D eigenvalue weighted by Crippen LogP contribution is -2.64. The number of aromatic amines is 1. The number of anilines is 3. The summed E-state index contributed by atoms with van der Waals surface area (Å²) in [6, 6.07) is 15.4. The van der Waals surface area contributed by atoms with Crippen LogP contribution in [0.15, 0.2) is 67.1 Å². The summed E-state index contributed by atoms with van der Waals surface area (Å²) in [6.45, 7) is 5.82. The predicted octanol–water partition coefficient (Wildman–Crippen LogP) is 1.58. The van der Waals surface area contributed by atoms with Crippen molar-refractivity contribution >= 4 is 62.0 Å². The number of nitrogens with zero attached hydrogens (tertiary/aromatic N) is 9. The van der Waals surface area contributed by atoms with Crippen molar-refractivity contribution < 1.29 is 32.7 Å². The van der Waals surface area contributed by atoms with Crippen molar-refractivity contribution in [2.75, 3.05) is 68.3 Å². The number of rotatable bonds is 13. The molecular weight excluding hydrogens is 831 g/mol. The van der Waals surface area contributed by atoms with E-state index in [4.69, 9.17) is 4.98 Å². The van der Waals surface area contributed by atoms with E-state index in [9.17, 15) is 38.0 Å². The van der Waals surface area contributed by atoms with E-state index in [-0.39, 0.29) is 61.0 Å². The highest BCUT2D eigenvalue weighted by Gasteiger charge is 2.50. The molecule has 0 radical (unpaired) electrons. The van der Waals surface area contributed by atoms with Crippen molar-refractivity contribution in [3.8, 4) is 17.3 Å². The number of sulfonamides is 1. The summed E-state index contributed by atoms with van der Waals surface area (Å²) in [5.41, 5.74) is 3.61. The van der Waals surface area contributed by atoms with E-state index in [0.29, 0.717) is 60.3 Å². The van der Waals surface area contributed by atoms with Gasteiger partial charge in [0.1, 0.15) is 17.4 Å². The van der Waals surface area contributed by atoms with Crippen LogP contribution in [0.25, 0.3) is 22.3 Å². The Bertz CT molecular complexity index is 2770. The Morgan fingerprint density at radius 3 is 2.51 bits per heavy atom. The molecule has 3 fully saturated rings. The second-order valence-corrected chi connectivity index (χ2v) is 18.4. The summed E-state index contributed by atoms with van der Waals surface area (Å²) in [7, 11) is -3.39. The summed E-state index contributed by atoms with van der Waals surface area (Å²) in [6.07, 6.45) is 4.31. The number of H-pyrrole nitrogens is 1. The molecule has 4 aliphatic rings. The quantitative estimate of drug-likeness (QED) is 0.105. The summed E-state index contributed by atoms with van der Waals surface area (Å²) < 4.78 is 27.9. The second kappa shape index (κ2) is 16.5. The molecule has 7 heterocycles. The van der Waals surface area contributed by atoms with Gasteiger partial charge in [0.2, 0.25) is 21.9 Å². The van der Waals surface area contributed by atoms with Gasteiger partial charge in [0.25, 0.3) is 17.7 Å². The van der Waals surface area contributed by atoms with Gasteiger partial charge < -0.3 is 30.9 Å². The van der Waals surface area contributed by atoms with Crippen LogP contribution in [-0.2, 0) is 20.4 Å². The van der Waals surface area contributed by atoms with E-state index in [1.807, 2.05) is 12.1 Å². The van der Waals surface area contributed by atoms with Crippen molar-refractivity contribution in [3.05, 3.63) is 83.8 Å². The van der Waals surface area contributed by atoms with Crippen molar-refractivity contribution in [2.24, 2.45) is 0 Å². The first-order valence-electron chi connectivity index (χ1n) is 20.7. The van der Waals surface area contributed by atoms with Gasteiger partial charge in [-0.2, -0.15) is 19.6 Å². The van der Waals surface area contributed by atoms with Crippen molar-refractivity contribution in [1.29, 1.82) is 5.26 Å². The molecule has 21 heteroatoms. The summed E-state index contributed by atoms with van der Waals surface area (Å²) in [4.78, 5) is 69.3. The molecule has 63 heavy (non-hydrogen) atoms. The van der Waals surface area contributed by atoms with Gasteiger partial charge in [-0.1, -0.05) is 0 Å². The lowest BCUT2D eigenvalue weighted by atomic mass is 9.89. The largest absolute Gasteiger partial charge is 0.372 e. The van der Waals surface area contributed by atoms with Gasteiger partial charge >= 0.3 is 0 Å². The molecule has 20 nitrogen and oxygen atoms in total. The normalized spacial score (nSPS) is 20.3. The van der Waals surface area contributed by atoms with Crippen LogP contribution in [0.1, 0.15) is 57.3 Å². The number of nitrogens with one attached hydrogen (secondary N) is 4. The van der Waals surface area contributed by atoms with Crippen molar-refractivity contribution in [2.45, 2.75) is 44.0 Å². The van der Waals surface area contributed by atoms with Crippen LogP contribution in [0.2, 0.25) is 0 Å². The molecule has 3 saturated heterocycles. The van der Waals surface area contributed by atoms with Crippen LogP contribution in [0.4, 0.5) is 17.3 Å². The third kappa shape index (κ3) is 7.86. The topological polar surface area (TPSA) is 255 Å². The number of piperazine rings is 1. The summed E-state index contributed by atoms with van der Waals surface area (Å²) in [5, 5.41) is 33.9. The van der Waals surface area contributed by atoms with Gasteiger partial charge in [-0.25, -0.2) is 13.4 Å². The van der Waals surface area contributed by atoms with Crippen LogP contribution >= 0.6 is 0 Å². The number of amides is 4. The third-order valence-electron chi connectivity index (χ3n) is 12.3. The Morgan fingerprint density at radius 2 is 1.78 bits per heavy atom. The molecule has 4 amide bonds. The van der Waals surface area contributed by atoms with Gasteiger partial charge in [0, 0.05) is 99.1 Å². The molecule has 2 unspecified atom stereocenters. The van der Waals surface area contributed by atoms with Crippen molar-refractivity contribution in [3.63, 3.8) is 0 Å². The van der Waals surface area contributed by atoms with Crippen LogP contribution in [0, 0.1) is 11.3 Å². The number of piperidine rings is 1. The van der Waals surface area contributed by atoms with E-state index in [1.165, 1.54) is 4.31 Å².